The van der Waals surface area contributed by atoms with Crippen molar-refractivity contribution in [1.82, 2.24) is 9.55 Å². The summed E-state index contributed by atoms with van der Waals surface area (Å²) in [6.45, 7) is 5.88. The molecular formula is C15H27N3O. The molecule has 1 unspecified atom stereocenters. The summed E-state index contributed by atoms with van der Waals surface area (Å²) in [5.74, 6) is 0.757. The summed E-state index contributed by atoms with van der Waals surface area (Å²) in [6, 6.07) is 0. The molecule has 0 bridgehead atoms. The molecule has 1 aliphatic rings. The molecule has 2 rings (SSSR count). The van der Waals surface area contributed by atoms with Gasteiger partial charge < -0.3 is 15.4 Å². The summed E-state index contributed by atoms with van der Waals surface area (Å²) in [5, 5.41) is 10.8. The van der Waals surface area contributed by atoms with E-state index in [0.29, 0.717) is 6.54 Å². The lowest BCUT2D eigenvalue weighted by Crippen LogP contribution is -2.40. The van der Waals surface area contributed by atoms with Gasteiger partial charge in [-0.15, -0.1) is 0 Å². The Kier molecular flexibility index (Phi) is 4.63. The summed E-state index contributed by atoms with van der Waals surface area (Å²) < 4.78 is 2.07. The lowest BCUT2D eigenvalue weighted by molar-refractivity contribution is -0.0130. The maximum absolute atomic E-state index is 10.8. The number of hydrogen-bond donors (Lipinski definition) is 2. The number of imidazole rings is 1. The van der Waals surface area contributed by atoms with Crippen molar-refractivity contribution in [3.05, 3.63) is 18.2 Å². The minimum Gasteiger partial charge on any atom is -0.386 e. The van der Waals surface area contributed by atoms with Crippen LogP contribution in [0.4, 0.5) is 0 Å². The summed E-state index contributed by atoms with van der Waals surface area (Å²) in [7, 11) is 0. The number of nitrogens with zero attached hydrogens (tertiary/aromatic N) is 2. The Labute approximate surface area is 116 Å². The van der Waals surface area contributed by atoms with Crippen molar-refractivity contribution in [1.29, 1.82) is 0 Å². The molecule has 0 spiro atoms. The van der Waals surface area contributed by atoms with Gasteiger partial charge >= 0.3 is 0 Å². The molecular weight excluding hydrogens is 238 g/mol. The molecule has 19 heavy (non-hydrogen) atoms. The summed E-state index contributed by atoms with van der Waals surface area (Å²) in [6.07, 6.45) is 8.54. The molecule has 0 aliphatic heterocycles. The fourth-order valence-corrected chi connectivity index (χ4v) is 3.23. The number of nitrogens with two attached hydrogens (primary N) is 1. The van der Waals surface area contributed by atoms with Crippen LogP contribution in [0.3, 0.4) is 0 Å². The van der Waals surface area contributed by atoms with E-state index in [9.17, 15) is 5.11 Å². The third kappa shape index (κ3) is 2.84. The van der Waals surface area contributed by atoms with Crippen molar-refractivity contribution in [2.45, 2.75) is 58.6 Å². The molecule has 1 heterocycles. The van der Waals surface area contributed by atoms with E-state index in [-0.39, 0.29) is 5.41 Å². The number of aromatic nitrogens is 2. The number of aryl methyl sites for hydroxylation is 1. The number of hydrogen-bond acceptors (Lipinski definition) is 3. The maximum atomic E-state index is 10.8. The number of aliphatic hydroxyl groups is 1. The number of rotatable bonds is 5. The van der Waals surface area contributed by atoms with Crippen LogP contribution in [0.5, 0.6) is 0 Å². The standard InChI is InChI=1S/C15H27N3O/c1-3-8-18-11-17-9-13(18)14(19)15(10-16)6-4-12(2)5-7-15/h9,11-12,14,19H,3-8,10,16H2,1-2H3. The quantitative estimate of drug-likeness (QED) is 0.859. The average Bonchev–Trinajstić information content (AvgIpc) is 2.88. The highest BCUT2D eigenvalue weighted by Gasteiger charge is 2.41. The molecule has 0 amide bonds. The second kappa shape index (κ2) is 6.06. The molecule has 0 aromatic carbocycles. The molecule has 4 nitrogen and oxygen atoms in total. The Hall–Kier alpha value is -0.870. The fourth-order valence-electron chi connectivity index (χ4n) is 3.23. The van der Waals surface area contributed by atoms with Gasteiger partial charge in [-0.05, 0) is 25.2 Å². The minimum absolute atomic E-state index is 0.155. The van der Waals surface area contributed by atoms with E-state index in [1.807, 2.05) is 6.33 Å². The molecule has 3 N–H and O–H groups in total. The molecule has 1 aromatic rings. The summed E-state index contributed by atoms with van der Waals surface area (Å²) in [4.78, 5) is 4.20. The van der Waals surface area contributed by atoms with Gasteiger partial charge in [0.2, 0.25) is 0 Å². The van der Waals surface area contributed by atoms with Crippen LogP contribution in [0, 0.1) is 11.3 Å². The molecule has 108 valence electrons. The van der Waals surface area contributed by atoms with Crippen molar-refractivity contribution in [2.24, 2.45) is 17.1 Å². The van der Waals surface area contributed by atoms with E-state index in [1.165, 1.54) is 0 Å². The predicted molar refractivity (Wildman–Crippen MR) is 76.6 cm³/mol. The van der Waals surface area contributed by atoms with Gasteiger partial charge in [0.25, 0.3) is 0 Å². The Balaban J connectivity index is 2.20. The van der Waals surface area contributed by atoms with Crippen LogP contribution in [0.2, 0.25) is 0 Å². The van der Waals surface area contributed by atoms with Gasteiger partial charge in [-0.2, -0.15) is 0 Å². The molecule has 1 aliphatic carbocycles. The van der Waals surface area contributed by atoms with Crippen LogP contribution >= 0.6 is 0 Å². The van der Waals surface area contributed by atoms with Gasteiger partial charge in [-0.1, -0.05) is 26.7 Å². The van der Waals surface area contributed by atoms with Crippen LogP contribution in [-0.4, -0.2) is 21.2 Å². The first kappa shape index (κ1) is 14.5. The number of aliphatic hydroxyl groups excluding tert-OH is 1. The minimum atomic E-state index is -0.487. The third-order valence-corrected chi connectivity index (χ3v) is 4.75. The third-order valence-electron chi connectivity index (χ3n) is 4.75. The molecule has 0 radical (unpaired) electrons. The largest absolute Gasteiger partial charge is 0.386 e. The van der Waals surface area contributed by atoms with Crippen molar-refractivity contribution in [2.75, 3.05) is 6.54 Å². The molecule has 1 saturated carbocycles. The Morgan fingerprint density at radius 2 is 2.21 bits per heavy atom. The Morgan fingerprint density at radius 1 is 1.53 bits per heavy atom. The monoisotopic (exact) mass is 265 g/mol. The molecule has 1 atom stereocenters. The first-order valence-electron chi connectivity index (χ1n) is 7.51. The summed E-state index contributed by atoms with van der Waals surface area (Å²) in [5.41, 5.74) is 6.80. The highest BCUT2D eigenvalue weighted by Crippen LogP contribution is 2.46. The summed E-state index contributed by atoms with van der Waals surface area (Å²) >= 11 is 0. The van der Waals surface area contributed by atoms with Crippen molar-refractivity contribution in [3.8, 4) is 0 Å². The second-order valence-electron chi connectivity index (χ2n) is 6.16. The molecule has 4 heteroatoms. The van der Waals surface area contributed by atoms with E-state index in [4.69, 9.17) is 5.73 Å². The van der Waals surface area contributed by atoms with E-state index in [1.54, 1.807) is 6.20 Å². The zero-order chi connectivity index (χ0) is 13.9. The van der Waals surface area contributed by atoms with E-state index in [0.717, 1.165) is 50.3 Å². The lowest BCUT2D eigenvalue weighted by Gasteiger charge is -2.42. The van der Waals surface area contributed by atoms with Crippen LogP contribution in [0.15, 0.2) is 12.5 Å². The molecule has 1 fully saturated rings. The second-order valence-corrected chi connectivity index (χ2v) is 6.16. The van der Waals surface area contributed by atoms with Crippen LogP contribution < -0.4 is 5.73 Å². The Morgan fingerprint density at radius 3 is 2.79 bits per heavy atom. The first-order valence-corrected chi connectivity index (χ1v) is 7.51. The van der Waals surface area contributed by atoms with Gasteiger partial charge in [-0.25, -0.2) is 4.98 Å². The predicted octanol–water partition coefficient (Wildman–Crippen LogP) is 2.48. The van der Waals surface area contributed by atoms with Gasteiger partial charge in [0.05, 0.1) is 18.2 Å². The van der Waals surface area contributed by atoms with Crippen molar-refractivity contribution < 1.29 is 5.11 Å². The zero-order valence-electron chi connectivity index (χ0n) is 12.2. The van der Waals surface area contributed by atoms with Gasteiger partial charge in [0, 0.05) is 18.5 Å². The van der Waals surface area contributed by atoms with Gasteiger partial charge in [-0.3, -0.25) is 0 Å². The average molecular weight is 265 g/mol. The van der Waals surface area contributed by atoms with E-state index < -0.39 is 6.10 Å². The normalized spacial score (nSPS) is 29.4. The first-order chi connectivity index (χ1) is 9.13. The smallest absolute Gasteiger partial charge is 0.102 e. The van der Waals surface area contributed by atoms with E-state index >= 15 is 0 Å². The highest BCUT2D eigenvalue weighted by molar-refractivity contribution is 5.09. The van der Waals surface area contributed by atoms with Crippen LogP contribution in [0.25, 0.3) is 0 Å². The maximum Gasteiger partial charge on any atom is 0.102 e. The zero-order valence-corrected chi connectivity index (χ0v) is 12.2. The van der Waals surface area contributed by atoms with Crippen LogP contribution in [-0.2, 0) is 6.54 Å². The lowest BCUT2D eigenvalue weighted by atomic mass is 9.67. The molecule has 0 saturated heterocycles. The van der Waals surface area contributed by atoms with Crippen molar-refractivity contribution >= 4 is 0 Å². The van der Waals surface area contributed by atoms with Gasteiger partial charge in [0.1, 0.15) is 6.10 Å². The van der Waals surface area contributed by atoms with Gasteiger partial charge in [0.15, 0.2) is 0 Å². The SMILES string of the molecule is CCCn1cncc1C(O)C1(CN)CCC(C)CC1. The van der Waals surface area contributed by atoms with Crippen LogP contribution in [0.1, 0.15) is 57.7 Å². The topological polar surface area (TPSA) is 64.1 Å². The highest BCUT2D eigenvalue weighted by atomic mass is 16.3. The van der Waals surface area contributed by atoms with E-state index in [2.05, 4.69) is 23.4 Å². The van der Waals surface area contributed by atoms with Crippen molar-refractivity contribution in [3.63, 3.8) is 0 Å². The fraction of sp³-hybridized carbons (Fsp3) is 0.800. The molecule has 1 aromatic heterocycles. The Bertz CT molecular complexity index is 394.